The molecule has 3 aromatic carbocycles. The number of thiazole rings is 1. The summed E-state index contributed by atoms with van der Waals surface area (Å²) in [6, 6.07) is 24.9. The van der Waals surface area contributed by atoms with Crippen molar-refractivity contribution in [3.8, 4) is 0 Å². The molecule has 6 rings (SSSR count). The van der Waals surface area contributed by atoms with E-state index in [1.165, 1.54) is 28.0 Å². The molecule has 0 radical (unpaired) electrons. The van der Waals surface area contributed by atoms with Gasteiger partial charge in [-0.25, -0.2) is 9.38 Å². The summed E-state index contributed by atoms with van der Waals surface area (Å²) in [4.78, 5) is 18.7. The van der Waals surface area contributed by atoms with Gasteiger partial charge in [0.2, 0.25) is 0 Å². The number of benzene rings is 3. The van der Waals surface area contributed by atoms with E-state index in [2.05, 4.69) is 71.9 Å². The Balaban J connectivity index is 1.56. The van der Waals surface area contributed by atoms with Crippen molar-refractivity contribution >= 4 is 44.3 Å². The zero-order chi connectivity index (χ0) is 21.8. The van der Waals surface area contributed by atoms with Gasteiger partial charge in [-0.05, 0) is 43.7 Å². The molecule has 0 saturated heterocycles. The Morgan fingerprint density at radius 1 is 0.906 bits per heavy atom. The average Bonchev–Trinajstić information content (AvgIpc) is 3.41. The van der Waals surface area contributed by atoms with E-state index < -0.39 is 0 Å². The first kappa shape index (κ1) is 19.0. The van der Waals surface area contributed by atoms with Crippen LogP contribution in [0.5, 0.6) is 0 Å². The second kappa shape index (κ2) is 7.18. The van der Waals surface area contributed by atoms with Gasteiger partial charge in [0.1, 0.15) is 0 Å². The lowest BCUT2D eigenvalue weighted by Crippen LogP contribution is -2.22. The summed E-state index contributed by atoms with van der Waals surface area (Å²) in [5.74, 6) is 0. The van der Waals surface area contributed by atoms with Crippen LogP contribution in [0.3, 0.4) is 0 Å². The molecule has 0 aliphatic heterocycles. The maximum absolute atomic E-state index is 13.3. The SMILES string of the molecule is Cc1ccc(Cn2c(C)c(C=c3sc4nc5ccccc5n4c3=O)c3ccccc32)cc1. The van der Waals surface area contributed by atoms with Crippen molar-refractivity contribution in [1.29, 1.82) is 0 Å². The van der Waals surface area contributed by atoms with Crippen LogP contribution in [-0.4, -0.2) is 14.0 Å². The summed E-state index contributed by atoms with van der Waals surface area (Å²) in [6.07, 6.45) is 2.04. The number of hydrogen-bond donors (Lipinski definition) is 0. The number of imidazole rings is 1. The largest absolute Gasteiger partial charge is 0.340 e. The lowest BCUT2D eigenvalue weighted by Gasteiger charge is -2.09. The number of para-hydroxylation sites is 3. The Hall–Kier alpha value is -3.70. The van der Waals surface area contributed by atoms with E-state index in [4.69, 9.17) is 0 Å². The molecule has 3 heterocycles. The van der Waals surface area contributed by atoms with Crippen LogP contribution >= 0.6 is 11.3 Å². The molecular weight excluding hydrogens is 414 g/mol. The summed E-state index contributed by atoms with van der Waals surface area (Å²) in [7, 11) is 0. The molecule has 3 aromatic heterocycles. The maximum atomic E-state index is 13.3. The second-order valence-corrected chi connectivity index (χ2v) is 9.23. The fourth-order valence-electron chi connectivity index (χ4n) is 4.46. The van der Waals surface area contributed by atoms with Gasteiger partial charge in [0, 0.05) is 28.7 Å². The minimum absolute atomic E-state index is 0.00605. The van der Waals surface area contributed by atoms with Crippen molar-refractivity contribution in [2.75, 3.05) is 0 Å². The molecule has 0 aliphatic carbocycles. The monoisotopic (exact) mass is 435 g/mol. The van der Waals surface area contributed by atoms with Gasteiger partial charge in [-0.2, -0.15) is 0 Å². The molecule has 0 saturated carbocycles. The Labute approximate surface area is 188 Å². The van der Waals surface area contributed by atoms with E-state index in [1.807, 2.05) is 30.3 Å². The van der Waals surface area contributed by atoms with Crippen LogP contribution in [0, 0.1) is 13.8 Å². The maximum Gasteiger partial charge on any atom is 0.274 e. The fraction of sp³-hybridized carbons (Fsp3) is 0.111. The second-order valence-electron chi connectivity index (χ2n) is 8.22. The molecule has 0 spiro atoms. The number of aromatic nitrogens is 3. The smallest absolute Gasteiger partial charge is 0.274 e. The first-order chi connectivity index (χ1) is 15.6. The van der Waals surface area contributed by atoms with Crippen molar-refractivity contribution in [2.45, 2.75) is 20.4 Å². The van der Waals surface area contributed by atoms with Crippen LogP contribution in [0.4, 0.5) is 0 Å². The van der Waals surface area contributed by atoms with Gasteiger partial charge in [-0.15, -0.1) is 0 Å². The van der Waals surface area contributed by atoms with Crippen molar-refractivity contribution in [3.63, 3.8) is 0 Å². The molecule has 0 atom stereocenters. The van der Waals surface area contributed by atoms with Crippen molar-refractivity contribution in [3.05, 3.63) is 110 Å². The summed E-state index contributed by atoms with van der Waals surface area (Å²) < 4.78 is 4.77. The first-order valence-corrected chi connectivity index (χ1v) is 11.5. The van der Waals surface area contributed by atoms with E-state index in [9.17, 15) is 4.79 Å². The lowest BCUT2D eigenvalue weighted by atomic mass is 10.1. The number of aryl methyl sites for hydroxylation is 1. The molecule has 4 nitrogen and oxygen atoms in total. The van der Waals surface area contributed by atoms with Gasteiger partial charge < -0.3 is 4.57 Å². The number of nitrogens with zero attached hydrogens (tertiary/aromatic N) is 3. The standard InChI is InChI=1S/C27H21N3OS/c1-17-11-13-19(14-12-17)16-29-18(2)21(20-7-3-5-9-23(20)29)15-25-26(31)30-24-10-6-4-8-22(24)28-27(30)32-25/h3-15H,16H2,1-2H3. The van der Waals surface area contributed by atoms with Gasteiger partial charge in [0.15, 0.2) is 4.96 Å². The van der Waals surface area contributed by atoms with Crippen molar-refractivity contribution in [2.24, 2.45) is 0 Å². The highest BCUT2D eigenvalue weighted by atomic mass is 32.1. The molecular formula is C27H21N3OS. The summed E-state index contributed by atoms with van der Waals surface area (Å²) in [5.41, 5.74) is 7.66. The summed E-state index contributed by atoms with van der Waals surface area (Å²) in [6.45, 7) is 5.04. The molecule has 0 amide bonds. The fourth-order valence-corrected chi connectivity index (χ4v) is 5.43. The normalized spacial score (nSPS) is 12.5. The van der Waals surface area contributed by atoms with Crippen LogP contribution in [0.25, 0.3) is 33.0 Å². The Morgan fingerprint density at radius 2 is 1.62 bits per heavy atom. The van der Waals surface area contributed by atoms with Crippen molar-refractivity contribution < 1.29 is 0 Å². The quantitative estimate of drug-likeness (QED) is 0.389. The molecule has 0 N–H and O–H groups in total. The third-order valence-electron chi connectivity index (χ3n) is 6.16. The van der Waals surface area contributed by atoms with Gasteiger partial charge >= 0.3 is 0 Å². The first-order valence-electron chi connectivity index (χ1n) is 10.7. The Bertz CT molecular complexity index is 1740. The van der Waals surface area contributed by atoms with Crippen LogP contribution in [0.15, 0.2) is 77.6 Å². The molecule has 0 fully saturated rings. The molecule has 0 aliphatic rings. The van der Waals surface area contributed by atoms with Crippen LogP contribution in [0.2, 0.25) is 0 Å². The molecule has 0 unspecified atom stereocenters. The predicted molar refractivity (Wildman–Crippen MR) is 133 cm³/mol. The van der Waals surface area contributed by atoms with Gasteiger partial charge in [0.25, 0.3) is 5.56 Å². The number of rotatable bonds is 3. The van der Waals surface area contributed by atoms with Crippen LogP contribution in [-0.2, 0) is 6.54 Å². The molecule has 32 heavy (non-hydrogen) atoms. The molecule has 156 valence electrons. The average molecular weight is 436 g/mol. The van der Waals surface area contributed by atoms with Crippen LogP contribution in [0.1, 0.15) is 22.4 Å². The van der Waals surface area contributed by atoms with E-state index in [0.29, 0.717) is 4.53 Å². The topological polar surface area (TPSA) is 39.3 Å². The highest BCUT2D eigenvalue weighted by Gasteiger charge is 2.15. The van der Waals surface area contributed by atoms with Gasteiger partial charge in [0.05, 0.1) is 15.6 Å². The number of fused-ring (bicyclic) bond motifs is 4. The van der Waals surface area contributed by atoms with E-state index >= 15 is 0 Å². The number of hydrogen-bond acceptors (Lipinski definition) is 3. The summed E-state index contributed by atoms with van der Waals surface area (Å²) >= 11 is 1.45. The zero-order valence-corrected chi connectivity index (χ0v) is 18.7. The lowest BCUT2D eigenvalue weighted by molar-refractivity contribution is 0.803. The third-order valence-corrected chi connectivity index (χ3v) is 7.13. The highest BCUT2D eigenvalue weighted by Crippen LogP contribution is 2.28. The Kier molecular flexibility index (Phi) is 4.26. The van der Waals surface area contributed by atoms with E-state index in [0.717, 1.165) is 39.2 Å². The molecule has 0 bridgehead atoms. The van der Waals surface area contributed by atoms with Crippen LogP contribution < -0.4 is 10.1 Å². The van der Waals surface area contributed by atoms with E-state index in [1.54, 1.807) is 4.40 Å². The third kappa shape index (κ3) is 2.89. The minimum Gasteiger partial charge on any atom is -0.340 e. The predicted octanol–water partition coefficient (Wildman–Crippen LogP) is 5.08. The van der Waals surface area contributed by atoms with Crippen molar-refractivity contribution in [1.82, 2.24) is 14.0 Å². The molecule has 5 heteroatoms. The molecule has 6 aromatic rings. The highest BCUT2D eigenvalue weighted by molar-refractivity contribution is 7.15. The van der Waals surface area contributed by atoms with Gasteiger partial charge in [-0.1, -0.05) is 71.5 Å². The summed E-state index contributed by atoms with van der Waals surface area (Å²) in [5, 5.41) is 1.16. The van der Waals surface area contributed by atoms with Gasteiger partial charge in [-0.3, -0.25) is 4.79 Å². The Morgan fingerprint density at radius 3 is 2.44 bits per heavy atom. The zero-order valence-electron chi connectivity index (χ0n) is 17.9. The van der Waals surface area contributed by atoms with E-state index in [-0.39, 0.29) is 5.56 Å². The minimum atomic E-state index is -0.00605.